The smallest absolute Gasteiger partial charge is 0.119 e. The lowest BCUT2D eigenvalue weighted by atomic mass is 10.2. The predicted octanol–water partition coefficient (Wildman–Crippen LogP) is 3.42. The first-order valence-electron chi connectivity index (χ1n) is 4.28. The summed E-state index contributed by atoms with van der Waals surface area (Å²) in [5, 5.41) is 0. The number of hydrogen-bond acceptors (Lipinski definition) is 1. The summed E-state index contributed by atoms with van der Waals surface area (Å²) in [5.41, 5.74) is 2.20. The summed E-state index contributed by atoms with van der Waals surface area (Å²) in [6.45, 7) is 6.00. The fourth-order valence-electron chi connectivity index (χ4n) is 0.933. The molecule has 1 unspecified atom stereocenters. The van der Waals surface area contributed by atoms with Gasteiger partial charge in [-0.1, -0.05) is 43.7 Å². The molecule has 0 aromatic heterocycles. The van der Waals surface area contributed by atoms with Crippen LogP contribution in [0.1, 0.15) is 25.0 Å². The highest BCUT2D eigenvalue weighted by molar-refractivity contribution is 8.07. The molecule has 74 valence electrons. The molecule has 1 aromatic rings. The molecule has 0 amide bonds. The van der Waals surface area contributed by atoms with Crippen LogP contribution in [0.15, 0.2) is 24.3 Å². The molecule has 3 heteroatoms. The molecular formula is C10H15ClOS. The van der Waals surface area contributed by atoms with Gasteiger partial charge in [0.2, 0.25) is 0 Å². The topological polar surface area (TPSA) is 17.1 Å². The van der Waals surface area contributed by atoms with Crippen LogP contribution in [-0.2, 0) is 15.8 Å². The number of rotatable bonds is 2. The lowest BCUT2D eigenvalue weighted by Gasteiger charge is -1.97. The molecule has 13 heavy (non-hydrogen) atoms. The molecule has 1 nitrogen and oxygen atoms in total. The zero-order valence-electron chi connectivity index (χ0n) is 8.21. The third kappa shape index (κ3) is 5.83. The monoisotopic (exact) mass is 218 g/mol. The van der Waals surface area contributed by atoms with Crippen LogP contribution in [0.5, 0.6) is 0 Å². The van der Waals surface area contributed by atoms with E-state index in [-0.39, 0.29) is 0 Å². The molecule has 1 atom stereocenters. The van der Waals surface area contributed by atoms with Crippen LogP contribution in [-0.4, -0.2) is 4.21 Å². The zero-order chi connectivity index (χ0) is 10.3. The first-order chi connectivity index (χ1) is 6.18. The van der Waals surface area contributed by atoms with Gasteiger partial charge in [0.15, 0.2) is 0 Å². The Labute approximate surface area is 87.1 Å². The molecule has 0 bridgehead atoms. The number of benzene rings is 1. The Bertz CT molecular complexity index is 273. The second kappa shape index (κ2) is 7.10. The molecule has 0 N–H and O–H groups in total. The van der Waals surface area contributed by atoms with Crippen molar-refractivity contribution in [3.05, 3.63) is 35.4 Å². The molecule has 1 aromatic carbocycles. The van der Waals surface area contributed by atoms with Crippen molar-refractivity contribution in [2.45, 2.75) is 26.5 Å². The molecule has 0 heterocycles. The van der Waals surface area contributed by atoms with E-state index in [0.29, 0.717) is 5.75 Å². The minimum Gasteiger partial charge on any atom is -0.242 e. The maximum atomic E-state index is 10.6. The summed E-state index contributed by atoms with van der Waals surface area (Å²) in [7, 11) is 4.08. The minimum atomic E-state index is -1.25. The Balaban J connectivity index is 0.000000671. The van der Waals surface area contributed by atoms with Crippen LogP contribution < -0.4 is 0 Å². The minimum absolute atomic E-state index is 0.434. The van der Waals surface area contributed by atoms with E-state index in [9.17, 15) is 4.21 Å². The van der Waals surface area contributed by atoms with Gasteiger partial charge >= 0.3 is 0 Å². The molecule has 0 fully saturated rings. The molecule has 1 rings (SSSR count). The largest absolute Gasteiger partial charge is 0.242 e. The van der Waals surface area contributed by atoms with Crippen LogP contribution in [0.4, 0.5) is 0 Å². The summed E-state index contributed by atoms with van der Waals surface area (Å²) < 4.78 is 10.6. The summed E-state index contributed by atoms with van der Waals surface area (Å²) >= 11 is 0. The van der Waals surface area contributed by atoms with Gasteiger partial charge in [-0.2, -0.15) is 0 Å². The average molecular weight is 219 g/mol. The van der Waals surface area contributed by atoms with Gasteiger partial charge < -0.3 is 0 Å². The Morgan fingerprint density at radius 1 is 1.38 bits per heavy atom. The van der Waals surface area contributed by atoms with Gasteiger partial charge in [-0.15, -0.1) is 0 Å². The van der Waals surface area contributed by atoms with Crippen LogP contribution >= 0.6 is 10.7 Å². The fourth-order valence-corrected chi connectivity index (χ4v) is 1.75. The second-order valence-corrected chi connectivity index (χ2v) is 4.32. The molecule has 0 spiro atoms. The summed E-state index contributed by atoms with van der Waals surface area (Å²) in [6.07, 6.45) is 0. The highest BCUT2D eigenvalue weighted by Gasteiger charge is 1.96. The molecule has 0 aliphatic heterocycles. The van der Waals surface area contributed by atoms with Crippen LogP contribution in [0.3, 0.4) is 0 Å². The van der Waals surface area contributed by atoms with E-state index in [0.717, 1.165) is 5.56 Å². The number of halogens is 1. The molecule has 0 saturated heterocycles. The first kappa shape index (κ1) is 12.7. The van der Waals surface area contributed by atoms with Crippen molar-refractivity contribution in [1.82, 2.24) is 0 Å². The molecular weight excluding hydrogens is 204 g/mol. The maximum Gasteiger partial charge on any atom is 0.119 e. The van der Waals surface area contributed by atoms with Crippen molar-refractivity contribution < 1.29 is 4.21 Å². The quantitative estimate of drug-likeness (QED) is 0.696. The van der Waals surface area contributed by atoms with Gasteiger partial charge in [0.05, 0.1) is 5.75 Å². The average Bonchev–Trinajstić information content (AvgIpc) is 2.06. The predicted molar refractivity (Wildman–Crippen MR) is 60.2 cm³/mol. The van der Waals surface area contributed by atoms with E-state index in [2.05, 4.69) is 0 Å². The van der Waals surface area contributed by atoms with E-state index < -0.39 is 10.0 Å². The van der Waals surface area contributed by atoms with E-state index >= 15 is 0 Å². The standard InChI is InChI=1S/C8H9ClOS.C2H6/c1-7-3-2-4-8(5-7)6-11(9)10;1-2/h2-5H,6H2,1H3;1-2H3. The third-order valence-electron chi connectivity index (χ3n) is 1.36. The number of aryl methyl sites for hydroxylation is 1. The van der Waals surface area contributed by atoms with Gasteiger partial charge in [-0.25, -0.2) is 4.21 Å². The van der Waals surface area contributed by atoms with E-state index in [1.165, 1.54) is 5.56 Å². The lowest BCUT2D eigenvalue weighted by Crippen LogP contribution is -1.87. The van der Waals surface area contributed by atoms with E-state index in [4.69, 9.17) is 10.7 Å². The van der Waals surface area contributed by atoms with Crippen molar-refractivity contribution in [2.75, 3.05) is 0 Å². The summed E-state index contributed by atoms with van der Waals surface area (Å²) in [5.74, 6) is 0.434. The van der Waals surface area contributed by atoms with Crippen molar-refractivity contribution in [3.63, 3.8) is 0 Å². The fraction of sp³-hybridized carbons (Fsp3) is 0.400. The molecule has 0 aliphatic carbocycles. The van der Waals surface area contributed by atoms with Crippen LogP contribution in [0.25, 0.3) is 0 Å². The molecule has 0 saturated carbocycles. The molecule has 0 aliphatic rings. The van der Waals surface area contributed by atoms with Crippen molar-refractivity contribution in [1.29, 1.82) is 0 Å². The first-order valence-corrected chi connectivity index (χ1v) is 6.43. The van der Waals surface area contributed by atoms with Gasteiger partial charge in [0, 0.05) is 0 Å². The van der Waals surface area contributed by atoms with Crippen LogP contribution in [0.2, 0.25) is 0 Å². The second-order valence-electron chi connectivity index (χ2n) is 2.42. The van der Waals surface area contributed by atoms with Crippen molar-refractivity contribution in [3.8, 4) is 0 Å². The number of hydrogen-bond donors (Lipinski definition) is 0. The van der Waals surface area contributed by atoms with Crippen molar-refractivity contribution in [2.24, 2.45) is 0 Å². The van der Waals surface area contributed by atoms with Gasteiger partial charge in [-0.05, 0) is 23.2 Å². The normalized spacial score (nSPS) is 11.4. The van der Waals surface area contributed by atoms with E-state index in [1.807, 2.05) is 45.0 Å². The Hall–Kier alpha value is -0.340. The third-order valence-corrected chi connectivity index (χ3v) is 2.25. The highest BCUT2D eigenvalue weighted by atomic mass is 35.7. The Morgan fingerprint density at radius 3 is 2.46 bits per heavy atom. The van der Waals surface area contributed by atoms with Gasteiger partial charge in [0.1, 0.15) is 10.0 Å². The van der Waals surface area contributed by atoms with Crippen molar-refractivity contribution >= 4 is 20.7 Å². The summed E-state index contributed by atoms with van der Waals surface area (Å²) in [4.78, 5) is 0. The van der Waals surface area contributed by atoms with Gasteiger partial charge in [-0.3, -0.25) is 0 Å². The SMILES string of the molecule is CC.Cc1cccc(CS(=O)Cl)c1. The Kier molecular flexibility index (Phi) is 6.92. The van der Waals surface area contributed by atoms with E-state index in [1.54, 1.807) is 0 Å². The van der Waals surface area contributed by atoms with Crippen LogP contribution in [0, 0.1) is 6.92 Å². The lowest BCUT2D eigenvalue weighted by molar-refractivity contribution is 0.691. The summed E-state index contributed by atoms with van der Waals surface area (Å²) in [6, 6.07) is 7.85. The highest BCUT2D eigenvalue weighted by Crippen LogP contribution is 2.07. The van der Waals surface area contributed by atoms with Gasteiger partial charge in [0.25, 0.3) is 0 Å². The Morgan fingerprint density at radius 2 is 2.00 bits per heavy atom. The maximum absolute atomic E-state index is 10.6. The molecule has 0 radical (unpaired) electrons. The zero-order valence-corrected chi connectivity index (χ0v) is 9.78.